The van der Waals surface area contributed by atoms with Gasteiger partial charge < -0.3 is 15.2 Å². The van der Waals surface area contributed by atoms with Gasteiger partial charge in [-0.2, -0.15) is 8.78 Å². The largest absolute Gasteiger partial charge is 0.481 e. The molecule has 0 unspecified atom stereocenters. The van der Waals surface area contributed by atoms with E-state index in [1.165, 1.54) is 12.1 Å². The molecule has 22 heavy (non-hydrogen) atoms. The van der Waals surface area contributed by atoms with E-state index in [-0.39, 0.29) is 24.4 Å². The predicted molar refractivity (Wildman–Crippen MR) is 74.0 cm³/mol. The highest BCUT2D eigenvalue weighted by Gasteiger charge is 2.21. The molecule has 2 amide bonds. The lowest BCUT2D eigenvalue weighted by Crippen LogP contribution is -2.45. The van der Waals surface area contributed by atoms with E-state index >= 15 is 0 Å². The third-order valence-corrected chi connectivity index (χ3v) is 2.62. The first-order chi connectivity index (χ1) is 10.2. The zero-order chi connectivity index (χ0) is 16.8. The van der Waals surface area contributed by atoms with E-state index in [2.05, 4.69) is 20.4 Å². The van der Waals surface area contributed by atoms with Crippen molar-refractivity contribution in [2.45, 2.75) is 38.8 Å². The molecule has 0 radical (unpaired) electrons. The zero-order valence-corrected chi connectivity index (χ0v) is 12.1. The van der Waals surface area contributed by atoms with Gasteiger partial charge in [0.2, 0.25) is 0 Å². The van der Waals surface area contributed by atoms with Gasteiger partial charge in [0.25, 0.3) is 0 Å². The number of aliphatic carboxylic acids is 1. The zero-order valence-electron chi connectivity index (χ0n) is 12.1. The van der Waals surface area contributed by atoms with Gasteiger partial charge in [-0.3, -0.25) is 10.1 Å². The Bertz CT molecular complexity index is 521. The fourth-order valence-corrected chi connectivity index (χ4v) is 1.56. The summed E-state index contributed by atoms with van der Waals surface area (Å²) in [6, 6.07) is 1.97. The van der Waals surface area contributed by atoms with Crippen molar-refractivity contribution in [3.63, 3.8) is 0 Å². The first kappa shape index (κ1) is 17.6. The number of aromatic nitrogens is 1. The van der Waals surface area contributed by atoms with E-state index in [4.69, 9.17) is 5.11 Å². The Kier molecular flexibility index (Phi) is 6.02. The van der Waals surface area contributed by atoms with Crippen LogP contribution in [0.2, 0.25) is 0 Å². The van der Waals surface area contributed by atoms with Crippen LogP contribution in [0, 0.1) is 0 Å². The molecule has 0 aliphatic carbocycles. The molecule has 0 aliphatic heterocycles. The number of halogens is 2. The fraction of sp³-hybridized carbons (Fsp3) is 0.462. The van der Waals surface area contributed by atoms with Crippen molar-refractivity contribution >= 4 is 17.8 Å². The number of pyridine rings is 1. The quantitative estimate of drug-likeness (QED) is 0.717. The van der Waals surface area contributed by atoms with Crippen molar-refractivity contribution in [2.75, 3.05) is 5.32 Å². The van der Waals surface area contributed by atoms with Gasteiger partial charge in [0.1, 0.15) is 11.6 Å². The molecule has 9 heteroatoms. The molecule has 122 valence electrons. The van der Waals surface area contributed by atoms with Crippen LogP contribution in [-0.4, -0.2) is 34.2 Å². The molecule has 7 nitrogen and oxygen atoms in total. The maximum atomic E-state index is 12.0. The molecule has 0 spiro atoms. The van der Waals surface area contributed by atoms with Gasteiger partial charge in [0.15, 0.2) is 0 Å². The van der Waals surface area contributed by atoms with Crippen LogP contribution >= 0.6 is 0 Å². The molecule has 3 N–H and O–H groups in total. The number of urea groups is 1. The number of anilines is 1. The average molecular weight is 317 g/mol. The van der Waals surface area contributed by atoms with E-state index in [9.17, 15) is 18.4 Å². The monoisotopic (exact) mass is 317 g/mol. The van der Waals surface area contributed by atoms with Crippen LogP contribution in [0.15, 0.2) is 18.3 Å². The fourth-order valence-electron chi connectivity index (χ4n) is 1.56. The molecule has 0 saturated heterocycles. The van der Waals surface area contributed by atoms with E-state index in [0.717, 1.165) is 6.20 Å². The Hall–Kier alpha value is -2.45. The predicted octanol–water partition coefficient (Wildman–Crippen LogP) is 2.45. The summed E-state index contributed by atoms with van der Waals surface area (Å²) >= 11 is 0. The molecular formula is C13H17F2N3O4. The molecule has 0 saturated carbocycles. The minimum absolute atomic E-state index is 0.0782. The number of nitrogens with one attached hydrogen (secondary N) is 2. The van der Waals surface area contributed by atoms with Crippen molar-refractivity contribution in [1.29, 1.82) is 0 Å². The molecule has 1 rings (SSSR count). The van der Waals surface area contributed by atoms with Gasteiger partial charge >= 0.3 is 18.6 Å². The first-order valence-electron chi connectivity index (χ1n) is 6.40. The molecule has 0 atom stereocenters. The van der Waals surface area contributed by atoms with Crippen molar-refractivity contribution in [2.24, 2.45) is 0 Å². The van der Waals surface area contributed by atoms with Gasteiger partial charge in [-0.1, -0.05) is 0 Å². The SMILES string of the molecule is CC(C)(CCC(=O)O)NC(=O)Nc1ccc(OC(F)F)cn1. The number of carboxylic acid groups (broad SMARTS) is 1. The Balaban J connectivity index is 2.52. The Morgan fingerprint density at radius 2 is 2.09 bits per heavy atom. The van der Waals surface area contributed by atoms with Gasteiger partial charge in [-0.25, -0.2) is 9.78 Å². The minimum Gasteiger partial charge on any atom is -0.481 e. The standard InChI is InChI=1S/C13H17F2N3O4/c1-13(2,6-5-10(19)20)18-12(21)17-9-4-3-8(7-16-9)22-11(14)15/h3-4,7,11H,5-6H2,1-2H3,(H,19,20)(H2,16,17,18,21). The molecule has 1 heterocycles. The molecule has 0 fully saturated rings. The number of carboxylic acids is 1. The number of alkyl halides is 2. The van der Waals surface area contributed by atoms with Crippen LogP contribution in [0.3, 0.4) is 0 Å². The third-order valence-electron chi connectivity index (χ3n) is 2.62. The van der Waals surface area contributed by atoms with Crippen LogP contribution in [0.4, 0.5) is 19.4 Å². The molecule has 0 bridgehead atoms. The Morgan fingerprint density at radius 1 is 1.41 bits per heavy atom. The molecule has 0 aliphatic rings. The van der Waals surface area contributed by atoms with Crippen LogP contribution < -0.4 is 15.4 Å². The summed E-state index contributed by atoms with van der Waals surface area (Å²) in [6.07, 6.45) is 1.23. The number of carbonyl (C=O) groups excluding carboxylic acids is 1. The second kappa shape index (κ2) is 7.53. The summed E-state index contributed by atoms with van der Waals surface area (Å²) in [5.74, 6) is -0.928. The van der Waals surface area contributed by atoms with Crippen molar-refractivity contribution < 1.29 is 28.2 Å². The lowest BCUT2D eigenvalue weighted by Gasteiger charge is -2.25. The number of hydrogen-bond acceptors (Lipinski definition) is 4. The number of carbonyl (C=O) groups is 2. The van der Waals surface area contributed by atoms with Gasteiger partial charge in [-0.15, -0.1) is 0 Å². The van der Waals surface area contributed by atoms with Crippen LogP contribution in [0.25, 0.3) is 0 Å². The number of nitrogens with zero attached hydrogens (tertiary/aromatic N) is 1. The topological polar surface area (TPSA) is 101 Å². The maximum absolute atomic E-state index is 12.0. The van der Waals surface area contributed by atoms with Crippen molar-refractivity contribution in [3.05, 3.63) is 18.3 Å². The molecule has 1 aromatic heterocycles. The Morgan fingerprint density at radius 3 is 2.59 bits per heavy atom. The number of rotatable bonds is 7. The lowest BCUT2D eigenvalue weighted by molar-refractivity contribution is -0.137. The van der Waals surface area contributed by atoms with Crippen LogP contribution in [-0.2, 0) is 4.79 Å². The van der Waals surface area contributed by atoms with E-state index < -0.39 is 24.2 Å². The van der Waals surface area contributed by atoms with Gasteiger partial charge in [0.05, 0.1) is 6.20 Å². The number of hydrogen-bond donors (Lipinski definition) is 3. The van der Waals surface area contributed by atoms with Crippen LogP contribution in [0.1, 0.15) is 26.7 Å². The summed E-state index contributed by atoms with van der Waals surface area (Å²) in [5.41, 5.74) is -0.721. The summed E-state index contributed by atoms with van der Waals surface area (Å²) in [5, 5.41) is 13.6. The minimum atomic E-state index is -2.95. The van der Waals surface area contributed by atoms with Gasteiger partial charge in [-0.05, 0) is 32.4 Å². The highest BCUT2D eigenvalue weighted by atomic mass is 19.3. The van der Waals surface area contributed by atoms with Crippen molar-refractivity contribution in [1.82, 2.24) is 10.3 Å². The summed E-state index contributed by atoms with van der Waals surface area (Å²) in [6.45, 7) is 0.421. The van der Waals surface area contributed by atoms with E-state index in [1.54, 1.807) is 13.8 Å². The highest BCUT2D eigenvalue weighted by Crippen LogP contribution is 2.15. The normalized spacial score (nSPS) is 11.1. The summed E-state index contributed by atoms with van der Waals surface area (Å²) in [4.78, 5) is 26.1. The van der Waals surface area contributed by atoms with E-state index in [1.807, 2.05) is 0 Å². The second-order valence-electron chi connectivity index (χ2n) is 5.11. The second-order valence-corrected chi connectivity index (χ2v) is 5.11. The van der Waals surface area contributed by atoms with Crippen molar-refractivity contribution in [3.8, 4) is 5.75 Å². The third kappa shape index (κ3) is 6.82. The average Bonchev–Trinajstić information content (AvgIpc) is 2.37. The highest BCUT2D eigenvalue weighted by molar-refractivity contribution is 5.88. The van der Waals surface area contributed by atoms with Gasteiger partial charge in [0, 0.05) is 12.0 Å². The summed E-state index contributed by atoms with van der Waals surface area (Å²) < 4.78 is 28.1. The Labute approximate surface area is 125 Å². The molecule has 0 aromatic carbocycles. The van der Waals surface area contributed by atoms with Crippen LogP contribution in [0.5, 0.6) is 5.75 Å². The maximum Gasteiger partial charge on any atom is 0.387 e. The molecule has 1 aromatic rings. The van der Waals surface area contributed by atoms with E-state index in [0.29, 0.717) is 0 Å². The lowest BCUT2D eigenvalue weighted by atomic mass is 9.99. The number of ether oxygens (including phenoxy) is 1. The molecular weight excluding hydrogens is 300 g/mol. The summed E-state index contributed by atoms with van der Waals surface area (Å²) in [7, 11) is 0. The number of amides is 2. The smallest absolute Gasteiger partial charge is 0.387 e. The first-order valence-corrected chi connectivity index (χ1v) is 6.40.